The molecule has 1 amide bonds. The largest absolute Gasteiger partial charge is 0.399 e. The Kier molecular flexibility index (Phi) is 4.64. The molecule has 0 bridgehead atoms. The van der Waals surface area contributed by atoms with Gasteiger partial charge in [-0.1, -0.05) is 11.8 Å². The molecule has 0 radical (unpaired) electrons. The third-order valence-electron chi connectivity index (χ3n) is 2.76. The Hall–Kier alpha value is -3.17. The third-order valence-corrected chi connectivity index (χ3v) is 2.76. The maximum absolute atomic E-state index is 11.4. The minimum atomic E-state index is -0.113. The molecule has 0 aliphatic rings. The zero-order valence-corrected chi connectivity index (χ0v) is 11.6. The second-order valence-electron chi connectivity index (χ2n) is 4.28. The lowest BCUT2D eigenvalue weighted by atomic mass is 10.1. The van der Waals surface area contributed by atoms with E-state index in [9.17, 15) is 4.79 Å². The summed E-state index contributed by atoms with van der Waals surface area (Å²) in [6.45, 7) is 0. The van der Waals surface area contributed by atoms with Crippen LogP contribution in [0.5, 0.6) is 0 Å². The number of benzene rings is 2. The van der Waals surface area contributed by atoms with Crippen molar-refractivity contribution < 1.29 is 4.79 Å². The van der Waals surface area contributed by atoms with Crippen molar-refractivity contribution in [2.45, 2.75) is 0 Å². The monoisotopic (exact) mass is 274 g/mol. The highest BCUT2D eigenvalue weighted by Gasteiger charge is 2.00. The third kappa shape index (κ3) is 4.16. The number of carbonyl (C=O) groups excluding carboxylic acids is 1. The maximum atomic E-state index is 11.4. The van der Waals surface area contributed by atoms with E-state index in [-0.39, 0.29) is 5.91 Å². The SMILES string of the molecule is CNC(=O)c1ccc(C#CC#Cc2ccc(N)cc2)cc1. The number of anilines is 1. The molecule has 0 aliphatic heterocycles. The minimum Gasteiger partial charge on any atom is -0.399 e. The van der Waals surface area contributed by atoms with Crippen molar-refractivity contribution in [1.82, 2.24) is 5.32 Å². The summed E-state index contributed by atoms with van der Waals surface area (Å²) in [6.07, 6.45) is 0. The summed E-state index contributed by atoms with van der Waals surface area (Å²) in [5, 5.41) is 2.57. The number of nitrogens with two attached hydrogens (primary N) is 1. The first-order valence-electron chi connectivity index (χ1n) is 6.39. The highest BCUT2D eigenvalue weighted by Crippen LogP contribution is 2.04. The summed E-state index contributed by atoms with van der Waals surface area (Å²) in [5.74, 6) is 11.3. The molecule has 0 aromatic heterocycles. The van der Waals surface area contributed by atoms with Crippen molar-refractivity contribution >= 4 is 11.6 Å². The molecule has 21 heavy (non-hydrogen) atoms. The molecule has 0 fully saturated rings. The number of hydrogen-bond acceptors (Lipinski definition) is 2. The van der Waals surface area contributed by atoms with Crippen LogP contribution in [-0.2, 0) is 0 Å². The Bertz CT molecular complexity index is 751. The lowest BCUT2D eigenvalue weighted by Gasteiger charge is -1.98. The van der Waals surface area contributed by atoms with Crippen molar-refractivity contribution in [2.75, 3.05) is 12.8 Å². The van der Waals surface area contributed by atoms with E-state index in [0.29, 0.717) is 11.3 Å². The second-order valence-corrected chi connectivity index (χ2v) is 4.28. The summed E-state index contributed by atoms with van der Waals surface area (Å²) < 4.78 is 0. The summed E-state index contributed by atoms with van der Waals surface area (Å²) in [5.41, 5.74) is 8.60. The van der Waals surface area contributed by atoms with Crippen LogP contribution in [0.2, 0.25) is 0 Å². The van der Waals surface area contributed by atoms with E-state index >= 15 is 0 Å². The summed E-state index contributed by atoms with van der Waals surface area (Å²) in [6, 6.07) is 14.4. The van der Waals surface area contributed by atoms with Gasteiger partial charge in [-0.05, 0) is 60.4 Å². The molecule has 0 saturated heterocycles. The molecule has 2 aromatic carbocycles. The molecular weight excluding hydrogens is 260 g/mol. The van der Waals surface area contributed by atoms with Crippen molar-refractivity contribution in [3.63, 3.8) is 0 Å². The summed E-state index contributed by atoms with van der Waals surface area (Å²) in [4.78, 5) is 11.4. The lowest BCUT2D eigenvalue weighted by molar-refractivity contribution is 0.0963. The first-order chi connectivity index (χ1) is 10.2. The van der Waals surface area contributed by atoms with Gasteiger partial charge in [0.05, 0.1) is 0 Å². The van der Waals surface area contributed by atoms with E-state index < -0.39 is 0 Å². The standard InChI is InChI=1S/C18H14N2O/c1-20-18(21)16-10-6-14(7-11-16)4-2-3-5-15-8-12-17(19)13-9-15/h6-13H,19H2,1H3,(H,20,21). The molecule has 102 valence electrons. The molecule has 0 atom stereocenters. The van der Waals surface area contributed by atoms with E-state index in [4.69, 9.17) is 5.73 Å². The van der Waals surface area contributed by atoms with Crippen molar-refractivity contribution in [1.29, 1.82) is 0 Å². The van der Waals surface area contributed by atoms with Crippen LogP contribution >= 0.6 is 0 Å². The van der Waals surface area contributed by atoms with Crippen LogP contribution in [0.15, 0.2) is 48.5 Å². The smallest absolute Gasteiger partial charge is 0.251 e. The van der Waals surface area contributed by atoms with Gasteiger partial charge in [-0.15, -0.1) is 0 Å². The zero-order valence-electron chi connectivity index (χ0n) is 11.6. The molecule has 2 rings (SSSR count). The number of amides is 1. The number of nitrogen functional groups attached to an aromatic ring is 1. The van der Waals surface area contributed by atoms with Crippen LogP contribution in [0.25, 0.3) is 0 Å². The second kappa shape index (κ2) is 6.84. The van der Waals surface area contributed by atoms with E-state index in [1.165, 1.54) is 0 Å². The van der Waals surface area contributed by atoms with Gasteiger partial charge in [0, 0.05) is 29.4 Å². The maximum Gasteiger partial charge on any atom is 0.251 e. The van der Waals surface area contributed by atoms with Crippen molar-refractivity contribution in [2.24, 2.45) is 0 Å². The Balaban J connectivity index is 2.06. The number of rotatable bonds is 1. The molecule has 3 N–H and O–H groups in total. The van der Waals surface area contributed by atoms with E-state index in [2.05, 4.69) is 29.0 Å². The van der Waals surface area contributed by atoms with E-state index in [0.717, 1.165) is 11.1 Å². The number of carbonyl (C=O) groups is 1. The molecule has 3 nitrogen and oxygen atoms in total. The molecule has 0 heterocycles. The van der Waals surface area contributed by atoms with Gasteiger partial charge < -0.3 is 11.1 Å². The molecule has 0 aliphatic carbocycles. The molecular formula is C18H14N2O. The van der Waals surface area contributed by atoms with Gasteiger partial charge in [0.1, 0.15) is 0 Å². The van der Waals surface area contributed by atoms with Crippen LogP contribution in [-0.4, -0.2) is 13.0 Å². The van der Waals surface area contributed by atoms with Crippen LogP contribution < -0.4 is 11.1 Å². The molecule has 2 aromatic rings. The molecule has 3 heteroatoms. The fourth-order valence-corrected chi connectivity index (χ4v) is 1.62. The number of nitrogens with one attached hydrogen (secondary N) is 1. The van der Waals surface area contributed by atoms with Gasteiger partial charge in [-0.3, -0.25) is 4.79 Å². The average Bonchev–Trinajstić information content (AvgIpc) is 2.53. The zero-order chi connectivity index (χ0) is 15.1. The minimum absolute atomic E-state index is 0.113. The Morgan fingerprint density at radius 1 is 0.905 bits per heavy atom. The Morgan fingerprint density at radius 2 is 1.38 bits per heavy atom. The molecule has 0 unspecified atom stereocenters. The molecule has 0 spiro atoms. The fraction of sp³-hybridized carbons (Fsp3) is 0.0556. The van der Waals surface area contributed by atoms with Crippen LogP contribution in [0.1, 0.15) is 21.5 Å². The van der Waals surface area contributed by atoms with Crippen LogP contribution in [0.4, 0.5) is 5.69 Å². The Morgan fingerprint density at radius 3 is 1.86 bits per heavy atom. The average molecular weight is 274 g/mol. The van der Waals surface area contributed by atoms with Crippen molar-refractivity contribution in [3.05, 3.63) is 65.2 Å². The number of hydrogen-bond donors (Lipinski definition) is 2. The highest BCUT2D eigenvalue weighted by molar-refractivity contribution is 5.94. The highest BCUT2D eigenvalue weighted by atomic mass is 16.1. The van der Waals surface area contributed by atoms with E-state index in [1.807, 2.05) is 12.1 Å². The van der Waals surface area contributed by atoms with Crippen molar-refractivity contribution in [3.8, 4) is 23.7 Å². The van der Waals surface area contributed by atoms with Crippen LogP contribution in [0, 0.1) is 23.7 Å². The summed E-state index contributed by atoms with van der Waals surface area (Å²) in [7, 11) is 1.60. The van der Waals surface area contributed by atoms with Gasteiger partial charge >= 0.3 is 0 Å². The van der Waals surface area contributed by atoms with Gasteiger partial charge in [0.25, 0.3) is 5.91 Å². The predicted molar refractivity (Wildman–Crippen MR) is 84.4 cm³/mol. The quantitative estimate of drug-likeness (QED) is 0.617. The fourth-order valence-electron chi connectivity index (χ4n) is 1.62. The first-order valence-corrected chi connectivity index (χ1v) is 6.39. The first kappa shape index (κ1) is 14.2. The van der Waals surface area contributed by atoms with Gasteiger partial charge in [0.2, 0.25) is 0 Å². The van der Waals surface area contributed by atoms with Gasteiger partial charge in [-0.25, -0.2) is 0 Å². The lowest BCUT2D eigenvalue weighted by Crippen LogP contribution is -2.17. The van der Waals surface area contributed by atoms with Gasteiger partial charge in [0.15, 0.2) is 0 Å². The Labute approximate surface area is 124 Å². The topological polar surface area (TPSA) is 55.1 Å². The summed E-state index contributed by atoms with van der Waals surface area (Å²) >= 11 is 0. The van der Waals surface area contributed by atoms with Gasteiger partial charge in [-0.2, -0.15) is 0 Å². The normalized spacial score (nSPS) is 8.81. The predicted octanol–water partition coefficient (Wildman–Crippen LogP) is 2.03. The molecule has 0 saturated carbocycles. The van der Waals surface area contributed by atoms with Crippen LogP contribution in [0.3, 0.4) is 0 Å². The van der Waals surface area contributed by atoms with E-state index in [1.54, 1.807) is 43.4 Å².